The molecular formula is C62H38N2S4. The Morgan fingerprint density at radius 3 is 1.41 bits per heavy atom. The fraction of sp³-hybridized carbons (Fsp3) is 0.0323. The van der Waals surface area contributed by atoms with Crippen LogP contribution < -0.4 is 9.80 Å². The van der Waals surface area contributed by atoms with Crippen LogP contribution in [0, 0.1) is 0 Å². The van der Waals surface area contributed by atoms with Crippen molar-refractivity contribution in [3.8, 4) is 22.3 Å². The van der Waals surface area contributed by atoms with E-state index in [9.17, 15) is 0 Å². The highest BCUT2D eigenvalue weighted by molar-refractivity contribution is 8.03. The zero-order valence-corrected chi connectivity index (χ0v) is 39.8. The molecule has 320 valence electrons. The maximum absolute atomic E-state index is 2.53. The summed E-state index contributed by atoms with van der Waals surface area (Å²) in [4.78, 5) is 10.3. The van der Waals surface area contributed by atoms with Gasteiger partial charge in [0.2, 0.25) is 0 Å². The van der Waals surface area contributed by atoms with Gasteiger partial charge in [-0.2, -0.15) is 0 Å². The fourth-order valence-electron chi connectivity index (χ4n) is 11.1. The van der Waals surface area contributed by atoms with Crippen LogP contribution in [0.25, 0.3) is 84.1 Å². The third kappa shape index (κ3) is 5.79. The Morgan fingerprint density at radius 2 is 0.838 bits per heavy atom. The van der Waals surface area contributed by atoms with E-state index in [1.54, 1.807) is 0 Å². The standard InChI is InChI=1S/C62H38N2S4/c1-7-25-53-39(15-1)43-17-13-19-45(61(43)67-53)59-41-33-31-38(64-51-23-5-11-29-57(51)66-58-30-12-6-24-52(58)64)36-48(41)60(46-20-14-18-44-40-16-2-8-26-54(40)68-62(44)46)42-34-32-37(35-47(42)59)63-49-21-3-9-27-55(49)65-56-28-10-4-22-50(56)63/h1-11,13-29,31-36H,12,30H2. The molecule has 0 fully saturated rings. The van der Waals surface area contributed by atoms with Crippen LogP contribution >= 0.6 is 46.2 Å². The molecule has 4 heterocycles. The minimum atomic E-state index is 1.05. The fourth-order valence-corrected chi connectivity index (χ4v) is 15.8. The van der Waals surface area contributed by atoms with E-state index in [-0.39, 0.29) is 0 Å². The van der Waals surface area contributed by atoms with E-state index < -0.39 is 0 Å². The van der Waals surface area contributed by atoms with Crippen molar-refractivity contribution in [3.05, 3.63) is 217 Å². The summed E-state index contributed by atoms with van der Waals surface area (Å²) >= 11 is 7.62. The van der Waals surface area contributed by atoms with Gasteiger partial charge in [-0.25, -0.2) is 0 Å². The van der Waals surface area contributed by atoms with Crippen LogP contribution in [0.2, 0.25) is 0 Å². The lowest BCUT2D eigenvalue weighted by atomic mass is 9.84. The number of nitrogens with zero attached hydrogens (tertiary/aromatic N) is 2. The number of hydrogen-bond acceptors (Lipinski definition) is 6. The number of rotatable bonds is 4. The first-order valence-corrected chi connectivity index (χ1v) is 26.5. The minimum absolute atomic E-state index is 1.05. The molecule has 0 N–H and O–H groups in total. The van der Waals surface area contributed by atoms with Gasteiger partial charge in [0.15, 0.2) is 0 Å². The Morgan fingerprint density at radius 1 is 0.368 bits per heavy atom. The average Bonchev–Trinajstić information content (AvgIpc) is 3.98. The molecule has 0 saturated carbocycles. The van der Waals surface area contributed by atoms with Gasteiger partial charge in [-0.15, -0.1) is 22.7 Å². The Balaban J connectivity index is 1.10. The van der Waals surface area contributed by atoms with Gasteiger partial charge in [-0.3, -0.25) is 0 Å². The number of fused-ring (bicyclic) bond motifs is 11. The van der Waals surface area contributed by atoms with E-state index >= 15 is 0 Å². The van der Waals surface area contributed by atoms with Crippen molar-refractivity contribution in [1.29, 1.82) is 0 Å². The number of benzene rings is 10. The molecule has 0 amide bonds. The van der Waals surface area contributed by atoms with Crippen LogP contribution in [-0.2, 0) is 0 Å². The number of para-hydroxylation sites is 3. The molecule has 3 aliphatic rings. The van der Waals surface area contributed by atoms with Crippen molar-refractivity contribution in [3.63, 3.8) is 0 Å². The summed E-state index contributed by atoms with van der Waals surface area (Å²) in [6.07, 6.45) is 6.82. The summed E-state index contributed by atoms with van der Waals surface area (Å²) in [5, 5.41) is 10.2. The summed E-state index contributed by atoms with van der Waals surface area (Å²) in [5.74, 6) is 0. The average molecular weight is 939 g/mol. The second kappa shape index (κ2) is 15.2. The highest BCUT2D eigenvalue weighted by Gasteiger charge is 2.30. The number of thioether (sulfide) groups is 1. The van der Waals surface area contributed by atoms with Crippen LogP contribution in [0.3, 0.4) is 0 Å². The molecular weight excluding hydrogens is 901 g/mol. The number of hydrogen-bond donors (Lipinski definition) is 0. The number of anilines is 5. The number of allylic oxidation sites excluding steroid dienone is 3. The number of thiophene rings is 2. The maximum Gasteiger partial charge on any atom is 0.0601 e. The van der Waals surface area contributed by atoms with Crippen LogP contribution in [0.15, 0.2) is 232 Å². The van der Waals surface area contributed by atoms with Crippen molar-refractivity contribution in [2.24, 2.45) is 0 Å². The summed E-state index contributed by atoms with van der Waals surface area (Å²) in [6.45, 7) is 0. The molecule has 0 spiro atoms. The van der Waals surface area contributed by atoms with Gasteiger partial charge in [0.05, 0.1) is 22.8 Å². The molecule has 15 rings (SSSR count). The quantitative estimate of drug-likeness (QED) is 0.162. The molecule has 2 aliphatic heterocycles. The molecule has 12 aromatic rings. The van der Waals surface area contributed by atoms with Gasteiger partial charge in [-0.05, 0) is 124 Å². The molecule has 10 aromatic carbocycles. The molecule has 2 nitrogen and oxygen atoms in total. The predicted molar refractivity (Wildman–Crippen MR) is 297 cm³/mol. The second-order valence-electron chi connectivity index (χ2n) is 17.8. The molecule has 1 aliphatic carbocycles. The lowest BCUT2D eigenvalue weighted by Gasteiger charge is -2.35. The highest BCUT2D eigenvalue weighted by Crippen LogP contribution is 2.56. The molecule has 6 heteroatoms. The first kappa shape index (κ1) is 39.0. The monoisotopic (exact) mass is 938 g/mol. The largest absolute Gasteiger partial charge is 0.309 e. The lowest BCUT2D eigenvalue weighted by Crippen LogP contribution is -2.21. The van der Waals surface area contributed by atoms with Crippen molar-refractivity contribution in [1.82, 2.24) is 0 Å². The Hall–Kier alpha value is -7.06. The summed E-state index contributed by atoms with van der Waals surface area (Å²) < 4.78 is 5.26. The smallest absolute Gasteiger partial charge is 0.0601 e. The second-order valence-corrected chi connectivity index (χ2v) is 22.1. The summed E-state index contributed by atoms with van der Waals surface area (Å²) in [7, 11) is 0. The summed E-state index contributed by atoms with van der Waals surface area (Å²) in [5.41, 5.74) is 12.3. The van der Waals surface area contributed by atoms with Gasteiger partial charge < -0.3 is 9.80 Å². The Kier molecular flexibility index (Phi) is 8.73. The molecule has 68 heavy (non-hydrogen) atoms. The molecule has 0 bridgehead atoms. The summed E-state index contributed by atoms with van der Waals surface area (Å²) in [6, 6.07) is 73.1. The van der Waals surface area contributed by atoms with Gasteiger partial charge >= 0.3 is 0 Å². The third-order valence-electron chi connectivity index (χ3n) is 14.1. The van der Waals surface area contributed by atoms with Crippen molar-refractivity contribution < 1.29 is 0 Å². The highest BCUT2D eigenvalue weighted by atomic mass is 32.2. The van der Waals surface area contributed by atoms with Gasteiger partial charge in [0.25, 0.3) is 0 Å². The van der Waals surface area contributed by atoms with Gasteiger partial charge in [0, 0.05) is 82.4 Å². The zero-order valence-electron chi connectivity index (χ0n) is 36.6. The first-order chi connectivity index (χ1) is 33.7. The van der Waals surface area contributed by atoms with Crippen LogP contribution in [0.5, 0.6) is 0 Å². The van der Waals surface area contributed by atoms with E-state index in [2.05, 4.69) is 216 Å². The predicted octanol–water partition coefficient (Wildman–Crippen LogP) is 19.8. The Labute approximate surface area is 410 Å². The SMILES string of the molecule is C1=CC2=C(CC1)Sc1ccccc1N2c1ccc2c(-c3cccc4c3sc3ccccc34)c3cc(N4c5ccccc5Sc5ccccc54)ccc3c(-c3cccc4c3sc3ccccc34)c2c1. The van der Waals surface area contributed by atoms with E-state index in [0.717, 1.165) is 18.5 Å². The minimum Gasteiger partial charge on any atom is -0.309 e. The molecule has 0 atom stereocenters. The lowest BCUT2D eigenvalue weighted by molar-refractivity contribution is 0.969. The van der Waals surface area contributed by atoms with Crippen LogP contribution in [0.4, 0.5) is 28.4 Å². The maximum atomic E-state index is 2.53. The first-order valence-electron chi connectivity index (χ1n) is 23.2. The third-order valence-corrected chi connectivity index (χ3v) is 18.9. The molecule has 2 aromatic heterocycles. The van der Waals surface area contributed by atoms with E-state index in [1.807, 2.05) is 46.2 Å². The van der Waals surface area contributed by atoms with Crippen LogP contribution in [-0.4, -0.2) is 0 Å². The topological polar surface area (TPSA) is 6.48 Å². The van der Waals surface area contributed by atoms with Gasteiger partial charge in [0.1, 0.15) is 0 Å². The van der Waals surface area contributed by atoms with Crippen molar-refractivity contribution in [2.45, 2.75) is 27.5 Å². The van der Waals surface area contributed by atoms with E-state index in [4.69, 9.17) is 0 Å². The normalized spacial score (nSPS) is 14.4. The van der Waals surface area contributed by atoms with E-state index in [0.29, 0.717) is 0 Å². The Bertz CT molecular complexity index is 4150. The van der Waals surface area contributed by atoms with Gasteiger partial charge in [-0.1, -0.05) is 151 Å². The zero-order chi connectivity index (χ0) is 44.5. The molecule has 0 unspecified atom stereocenters. The van der Waals surface area contributed by atoms with Crippen molar-refractivity contribution >= 4 is 137 Å². The molecule has 0 saturated heterocycles. The van der Waals surface area contributed by atoms with E-state index in [1.165, 1.54) is 132 Å². The molecule has 0 radical (unpaired) electrons. The van der Waals surface area contributed by atoms with Crippen LogP contribution in [0.1, 0.15) is 12.8 Å². The van der Waals surface area contributed by atoms with Crippen molar-refractivity contribution in [2.75, 3.05) is 9.80 Å².